The zero-order valence-corrected chi connectivity index (χ0v) is 17.3. The van der Waals surface area contributed by atoms with Crippen molar-refractivity contribution < 1.29 is 9.59 Å². The number of benzene rings is 2. The fourth-order valence-corrected chi connectivity index (χ4v) is 1.88. The van der Waals surface area contributed by atoms with Crippen molar-refractivity contribution in [1.29, 1.82) is 0 Å². The van der Waals surface area contributed by atoms with Crippen molar-refractivity contribution in [2.75, 3.05) is 24.8 Å². The van der Waals surface area contributed by atoms with E-state index in [0.29, 0.717) is 26.2 Å². The molecule has 0 bridgehead atoms. The highest BCUT2D eigenvalue weighted by Crippen LogP contribution is 1.97. The average molecular weight is 427 g/mol. The van der Waals surface area contributed by atoms with Gasteiger partial charge in [-0.3, -0.25) is 9.59 Å². The van der Waals surface area contributed by atoms with E-state index < -0.39 is 0 Å². The molecule has 0 aliphatic rings. The third kappa shape index (κ3) is 15.0. The molecule has 8 heteroatoms. The Bertz CT molecular complexity index is 586. The molecule has 2 aromatic carbocycles. The van der Waals surface area contributed by atoms with Crippen LogP contribution in [-0.2, 0) is 22.7 Å². The molecule has 0 fully saturated rings. The molecule has 0 aliphatic carbocycles. The van der Waals surface area contributed by atoms with Gasteiger partial charge in [-0.2, -0.15) is 0 Å². The summed E-state index contributed by atoms with van der Waals surface area (Å²) in [5.41, 5.74) is 12.0. The quantitative estimate of drug-likeness (QED) is 0.507. The van der Waals surface area contributed by atoms with Crippen LogP contribution in [0.5, 0.6) is 0 Å². The number of halogens is 2. The smallest absolute Gasteiger partial charge is 0.235 e. The van der Waals surface area contributed by atoms with E-state index >= 15 is 0 Å². The van der Waals surface area contributed by atoms with E-state index in [2.05, 4.69) is 10.6 Å². The molecule has 2 rings (SSSR count). The molecule has 28 heavy (non-hydrogen) atoms. The van der Waals surface area contributed by atoms with E-state index in [1.807, 2.05) is 60.7 Å². The summed E-state index contributed by atoms with van der Waals surface area (Å²) in [5.74, 6) is -0.235. The Labute approximate surface area is 176 Å². The van der Waals surface area contributed by atoms with E-state index in [1.165, 1.54) is 0 Å². The fraction of sp³-hybridized carbons (Fsp3) is 0.300. The van der Waals surface area contributed by atoms with Crippen LogP contribution in [0.25, 0.3) is 0 Å². The number of hydrogen-bond acceptors (Lipinski definition) is 4. The largest absolute Gasteiger partial charge is 0.351 e. The summed E-state index contributed by atoms with van der Waals surface area (Å²) in [6.45, 7) is 2.29. The number of rotatable bonds is 7. The van der Waals surface area contributed by atoms with Crippen molar-refractivity contribution in [2.24, 2.45) is 11.5 Å². The molecule has 0 heterocycles. The van der Waals surface area contributed by atoms with E-state index in [9.17, 15) is 9.59 Å². The molecule has 0 spiro atoms. The number of nitrogens with two attached hydrogens (primary N) is 2. The van der Waals surface area contributed by atoms with Crippen LogP contribution in [-0.4, -0.2) is 36.7 Å². The van der Waals surface area contributed by atoms with Gasteiger partial charge in [-0.15, -0.1) is 23.2 Å². The predicted octanol–water partition coefficient (Wildman–Crippen LogP) is 1.99. The topological polar surface area (TPSA) is 110 Å². The van der Waals surface area contributed by atoms with Crippen molar-refractivity contribution in [2.45, 2.75) is 13.1 Å². The van der Waals surface area contributed by atoms with Gasteiger partial charge < -0.3 is 22.1 Å². The van der Waals surface area contributed by atoms with Crippen LogP contribution < -0.4 is 22.1 Å². The summed E-state index contributed by atoms with van der Waals surface area (Å²) < 4.78 is 0. The lowest BCUT2D eigenvalue weighted by Gasteiger charge is -2.01. The standard InChI is InChI=1S/2C9H10ClNO.C2H8N2/c2*10-6-9(12)11-7-8-4-2-1-3-5-8;3-1-2-4/h2*1-5H,6-7H2,(H,11,12);1-4H2. The minimum atomic E-state index is -0.138. The summed E-state index contributed by atoms with van der Waals surface area (Å²) in [6, 6.07) is 19.4. The second-order valence-corrected chi connectivity index (χ2v) is 5.90. The minimum absolute atomic E-state index is 0.0207. The molecule has 0 unspecified atom stereocenters. The van der Waals surface area contributed by atoms with Gasteiger partial charge in [0.25, 0.3) is 0 Å². The predicted molar refractivity (Wildman–Crippen MR) is 116 cm³/mol. The van der Waals surface area contributed by atoms with Crippen LogP contribution in [0, 0.1) is 0 Å². The highest BCUT2D eigenvalue weighted by molar-refractivity contribution is 6.27. The van der Waals surface area contributed by atoms with Crippen LogP contribution in [0.15, 0.2) is 60.7 Å². The zero-order chi connectivity index (χ0) is 21.0. The van der Waals surface area contributed by atoms with E-state index in [4.69, 9.17) is 34.7 Å². The Morgan fingerprint density at radius 3 is 1.25 bits per heavy atom. The van der Waals surface area contributed by atoms with Gasteiger partial charge >= 0.3 is 0 Å². The van der Waals surface area contributed by atoms with E-state index in [0.717, 1.165) is 11.1 Å². The molecule has 6 N–H and O–H groups in total. The van der Waals surface area contributed by atoms with Gasteiger partial charge in [-0.05, 0) is 11.1 Å². The maximum Gasteiger partial charge on any atom is 0.235 e. The Morgan fingerprint density at radius 1 is 0.679 bits per heavy atom. The maximum absolute atomic E-state index is 10.7. The second-order valence-electron chi connectivity index (χ2n) is 5.37. The van der Waals surface area contributed by atoms with Crippen LogP contribution in [0.3, 0.4) is 0 Å². The lowest BCUT2D eigenvalue weighted by Crippen LogP contribution is -2.23. The van der Waals surface area contributed by atoms with Gasteiger partial charge in [-0.1, -0.05) is 60.7 Å². The summed E-state index contributed by atoms with van der Waals surface area (Å²) in [5, 5.41) is 5.36. The van der Waals surface area contributed by atoms with Crippen molar-refractivity contribution >= 4 is 35.0 Å². The Morgan fingerprint density at radius 2 is 1.00 bits per heavy atom. The molecule has 0 atom stereocenters. The van der Waals surface area contributed by atoms with E-state index in [-0.39, 0.29) is 23.6 Å². The first kappa shape index (κ1) is 25.9. The van der Waals surface area contributed by atoms with Crippen LogP contribution in [0.2, 0.25) is 0 Å². The molecule has 0 radical (unpaired) electrons. The van der Waals surface area contributed by atoms with Crippen LogP contribution >= 0.6 is 23.2 Å². The number of amides is 2. The molecule has 0 aromatic heterocycles. The number of nitrogens with one attached hydrogen (secondary N) is 2. The summed E-state index contributed by atoms with van der Waals surface area (Å²) >= 11 is 10.6. The number of hydrogen-bond donors (Lipinski definition) is 4. The molecule has 2 amide bonds. The summed E-state index contributed by atoms with van der Waals surface area (Å²) in [7, 11) is 0. The lowest BCUT2D eigenvalue weighted by atomic mass is 10.2. The average Bonchev–Trinajstić information content (AvgIpc) is 2.77. The van der Waals surface area contributed by atoms with Crippen LogP contribution in [0.1, 0.15) is 11.1 Å². The van der Waals surface area contributed by atoms with Crippen LogP contribution in [0.4, 0.5) is 0 Å². The second kappa shape index (κ2) is 18.3. The van der Waals surface area contributed by atoms with Gasteiger partial charge in [0.2, 0.25) is 11.8 Å². The SMILES string of the molecule is NCCN.O=C(CCl)NCc1ccccc1.O=C(CCl)NCc1ccccc1. The van der Waals surface area contributed by atoms with E-state index in [1.54, 1.807) is 0 Å². The molecule has 154 valence electrons. The Kier molecular flexibility index (Phi) is 16.9. The third-order valence-electron chi connectivity index (χ3n) is 3.07. The first-order valence-corrected chi connectivity index (χ1v) is 9.77. The van der Waals surface area contributed by atoms with Gasteiger partial charge in [-0.25, -0.2) is 0 Å². The van der Waals surface area contributed by atoms with Crippen molar-refractivity contribution in [3.63, 3.8) is 0 Å². The highest BCUT2D eigenvalue weighted by atomic mass is 35.5. The van der Waals surface area contributed by atoms with Gasteiger partial charge in [0.1, 0.15) is 11.8 Å². The number of alkyl halides is 2. The first-order valence-electron chi connectivity index (χ1n) is 8.70. The normalized spacial score (nSPS) is 9.14. The lowest BCUT2D eigenvalue weighted by molar-refractivity contribution is -0.119. The number of carbonyl (C=O) groups excluding carboxylic acids is 2. The molecule has 6 nitrogen and oxygen atoms in total. The molecule has 0 saturated carbocycles. The molecular weight excluding hydrogens is 399 g/mol. The molecule has 2 aromatic rings. The minimum Gasteiger partial charge on any atom is -0.351 e. The zero-order valence-electron chi connectivity index (χ0n) is 15.7. The molecule has 0 aliphatic heterocycles. The van der Waals surface area contributed by atoms with Gasteiger partial charge in [0.15, 0.2) is 0 Å². The fourth-order valence-electron chi connectivity index (χ4n) is 1.69. The third-order valence-corrected chi connectivity index (χ3v) is 3.56. The first-order chi connectivity index (χ1) is 13.6. The highest BCUT2D eigenvalue weighted by Gasteiger charge is 1.97. The van der Waals surface area contributed by atoms with Crippen molar-refractivity contribution in [3.05, 3.63) is 71.8 Å². The van der Waals surface area contributed by atoms with Gasteiger partial charge in [0.05, 0.1) is 0 Å². The number of carbonyl (C=O) groups is 2. The summed E-state index contributed by atoms with van der Waals surface area (Å²) in [4.78, 5) is 21.5. The Hall–Kier alpha value is -2.12. The monoisotopic (exact) mass is 426 g/mol. The Balaban J connectivity index is 0.000000439. The molecule has 0 saturated heterocycles. The van der Waals surface area contributed by atoms with Crippen molar-refractivity contribution in [3.8, 4) is 0 Å². The van der Waals surface area contributed by atoms with Gasteiger partial charge in [0, 0.05) is 26.2 Å². The molecular formula is C20H28Cl2N4O2. The maximum atomic E-state index is 10.7. The van der Waals surface area contributed by atoms with Crippen molar-refractivity contribution in [1.82, 2.24) is 10.6 Å². The summed E-state index contributed by atoms with van der Waals surface area (Å²) in [6.07, 6.45) is 0.